The number of nitrogens with one attached hydrogen (secondary N) is 1. The molecule has 0 saturated carbocycles. The van der Waals surface area contributed by atoms with Crippen LogP contribution in [0.15, 0.2) is 105 Å². The molecular weight excluding hydrogens is 490 g/mol. The number of hydrogen-bond acceptors (Lipinski definition) is 6. The highest BCUT2D eigenvalue weighted by atomic mass is 32.2. The fraction of sp³-hybridized carbons (Fsp3) is 0.156. The first-order valence-electron chi connectivity index (χ1n) is 12.6. The van der Waals surface area contributed by atoms with Gasteiger partial charge in [-0.1, -0.05) is 87.1 Å². The van der Waals surface area contributed by atoms with E-state index in [-0.39, 0.29) is 11.0 Å². The zero-order valence-electron chi connectivity index (χ0n) is 21.5. The summed E-state index contributed by atoms with van der Waals surface area (Å²) in [6, 6.07) is 30.1. The van der Waals surface area contributed by atoms with Crippen LogP contribution < -0.4 is 10.9 Å². The van der Waals surface area contributed by atoms with E-state index in [4.69, 9.17) is 14.4 Å². The smallest absolute Gasteiger partial charge is 0.336 e. The number of benzene rings is 4. The van der Waals surface area contributed by atoms with Crippen LogP contribution in [0.2, 0.25) is 0 Å². The Morgan fingerprint density at radius 3 is 2.42 bits per heavy atom. The molecule has 6 aromatic rings. The van der Waals surface area contributed by atoms with Crippen molar-refractivity contribution in [3.8, 4) is 0 Å². The predicted octanol–water partition coefficient (Wildman–Crippen LogP) is 8.22. The maximum atomic E-state index is 12.3. The van der Waals surface area contributed by atoms with E-state index in [0.717, 1.165) is 44.1 Å². The summed E-state index contributed by atoms with van der Waals surface area (Å²) in [5.74, 6) is 1.30. The van der Waals surface area contributed by atoms with Crippen LogP contribution in [0.1, 0.15) is 31.9 Å². The molecule has 0 aliphatic carbocycles. The minimum atomic E-state index is -0.352. The number of hydrogen-bond donors (Lipinski definition) is 1. The van der Waals surface area contributed by atoms with Crippen molar-refractivity contribution in [3.63, 3.8) is 0 Å². The molecular formula is C32H27N3O2S. The zero-order valence-corrected chi connectivity index (χ0v) is 22.3. The quantitative estimate of drug-likeness (QED) is 0.141. The summed E-state index contributed by atoms with van der Waals surface area (Å²) in [5.41, 5.74) is 4.18. The number of fused-ring (bicyclic) bond motifs is 3. The summed E-state index contributed by atoms with van der Waals surface area (Å²) >= 11 is 1.51. The van der Waals surface area contributed by atoms with Gasteiger partial charge in [-0.15, -0.1) is 0 Å². The van der Waals surface area contributed by atoms with Crippen LogP contribution in [0.25, 0.3) is 32.6 Å². The van der Waals surface area contributed by atoms with Crippen molar-refractivity contribution in [2.24, 2.45) is 0 Å². The first kappa shape index (κ1) is 24.2. The van der Waals surface area contributed by atoms with E-state index in [9.17, 15) is 4.79 Å². The Balaban J connectivity index is 1.38. The maximum absolute atomic E-state index is 12.3. The Morgan fingerprint density at radius 1 is 0.816 bits per heavy atom. The Hall–Kier alpha value is -4.16. The van der Waals surface area contributed by atoms with Crippen molar-refractivity contribution >= 4 is 55.9 Å². The van der Waals surface area contributed by atoms with Crippen LogP contribution in [-0.2, 0) is 11.2 Å². The van der Waals surface area contributed by atoms with E-state index in [1.165, 1.54) is 17.3 Å². The molecule has 38 heavy (non-hydrogen) atoms. The van der Waals surface area contributed by atoms with Gasteiger partial charge in [0.25, 0.3) is 0 Å². The lowest BCUT2D eigenvalue weighted by Gasteiger charge is -2.19. The van der Waals surface area contributed by atoms with Gasteiger partial charge in [0.05, 0.1) is 5.52 Å². The van der Waals surface area contributed by atoms with Crippen LogP contribution in [0.4, 0.5) is 11.5 Å². The number of rotatable bonds is 5. The van der Waals surface area contributed by atoms with Gasteiger partial charge in [-0.05, 0) is 52.3 Å². The van der Waals surface area contributed by atoms with Crippen LogP contribution in [-0.4, -0.2) is 9.97 Å². The Bertz CT molecular complexity index is 1870. The molecule has 0 atom stereocenters. The highest BCUT2D eigenvalue weighted by molar-refractivity contribution is 7.98. The Kier molecular flexibility index (Phi) is 6.12. The molecule has 5 nitrogen and oxygen atoms in total. The molecule has 0 radical (unpaired) electrons. The van der Waals surface area contributed by atoms with Crippen molar-refractivity contribution in [1.82, 2.24) is 9.97 Å². The van der Waals surface area contributed by atoms with Crippen molar-refractivity contribution in [1.29, 1.82) is 0 Å². The van der Waals surface area contributed by atoms with Crippen molar-refractivity contribution in [2.75, 3.05) is 5.32 Å². The Morgan fingerprint density at radius 2 is 1.58 bits per heavy atom. The van der Waals surface area contributed by atoms with Crippen LogP contribution in [0, 0.1) is 0 Å². The van der Waals surface area contributed by atoms with E-state index in [1.54, 1.807) is 6.07 Å². The molecule has 6 heteroatoms. The van der Waals surface area contributed by atoms with E-state index < -0.39 is 0 Å². The molecule has 1 N–H and O–H groups in total. The summed E-state index contributed by atoms with van der Waals surface area (Å²) in [6.45, 7) is 6.53. The van der Waals surface area contributed by atoms with Crippen molar-refractivity contribution in [2.45, 2.75) is 37.1 Å². The van der Waals surface area contributed by atoms with Gasteiger partial charge >= 0.3 is 5.63 Å². The molecule has 0 aliphatic rings. The molecule has 0 unspecified atom stereocenters. The van der Waals surface area contributed by atoms with E-state index in [1.807, 2.05) is 54.6 Å². The van der Waals surface area contributed by atoms with Crippen molar-refractivity contribution < 1.29 is 4.42 Å². The third-order valence-corrected chi connectivity index (χ3v) is 7.57. The van der Waals surface area contributed by atoms with Crippen molar-refractivity contribution in [3.05, 3.63) is 113 Å². The molecule has 0 spiro atoms. The molecule has 2 heterocycles. The first-order valence-corrected chi connectivity index (χ1v) is 13.6. The van der Waals surface area contributed by atoms with Gasteiger partial charge in [-0.3, -0.25) is 0 Å². The fourth-order valence-electron chi connectivity index (χ4n) is 4.63. The second kappa shape index (κ2) is 9.62. The summed E-state index contributed by atoms with van der Waals surface area (Å²) in [4.78, 5) is 22.1. The number of para-hydroxylation sites is 1. The predicted molar refractivity (Wildman–Crippen MR) is 158 cm³/mol. The average molecular weight is 518 g/mol. The van der Waals surface area contributed by atoms with Gasteiger partial charge in [0, 0.05) is 33.7 Å². The zero-order chi connectivity index (χ0) is 26.3. The van der Waals surface area contributed by atoms with Gasteiger partial charge in [-0.2, -0.15) is 0 Å². The molecule has 0 fully saturated rings. The summed E-state index contributed by atoms with van der Waals surface area (Å²) in [7, 11) is 0. The average Bonchev–Trinajstić information content (AvgIpc) is 2.91. The molecule has 4 aromatic carbocycles. The van der Waals surface area contributed by atoms with Gasteiger partial charge in [-0.25, -0.2) is 14.8 Å². The number of thioether (sulfide) groups is 1. The molecule has 2 aromatic heterocycles. The topological polar surface area (TPSA) is 68.0 Å². The maximum Gasteiger partial charge on any atom is 0.336 e. The summed E-state index contributed by atoms with van der Waals surface area (Å²) in [6.07, 6.45) is 0. The lowest BCUT2D eigenvalue weighted by molar-refractivity contribution is 0.557. The van der Waals surface area contributed by atoms with E-state index in [2.05, 4.69) is 56.4 Å². The van der Waals surface area contributed by atoms with Crippen LogP contribution >= 0.6 is 11.8 Å². The highest BCUT2D eigenvalue weighted by Crippen LogP contribution is 2.33. The highest BCUT2D eigenvalue weighted by Gasteiger charge is 2.17. The Labute approximate surface area is 224 Å². The number of aromatic nitrogens is 2. The second-order valence-corrected chi connectivity index (χ2v) is 11.3. The van der Waals surface area contributed by atoms with Gasteiger partial charge in [0.1, 0.15) is 11.4 Å². The number of nitrogens with zero attached hydrogens (tertiary/aromatic N) is 2. The number of anilines is 2. The van der Waals surface area contributed by atoms with Gasteiger partial charge < -0.3 is 9.73 Å². The summed E-state index contributed by atoms with van der Waals surface area (Å²) < 4.78 is 5.49. The molecule has 0 aliphatic heterocycles. The standard InChI is InChI=1S/C32H27N3O2S/c1-32(2,3)22-15-16-28-25(18-22)21(17-29(36)37-28)19-38-31-34-27-13-7-6-12-24(27)30(35-31)33-26-14-8-10-20-9-4-5-11-23(20)26/h4-18H,19H2,1-3H3,(H,33,34,35). The molecule has 0 amide bonds. The third-order valence-electron chi connectivity index (χ3n) is 6.68. The molecule has 188 valence electrons. The first-order chi connectivity index (χ1) is 18.3. The minimum Gasteiger partial charge on any atom is -0.423 e. The molecule has 0 saturated heterocycles. The molecule has 6 rings (SSSR count). The molecule has 0 bridgehead atoms. The monoisotopic (exact) mass is 517 g/mol. The fourth-order valence-corrected chi connectivity index (χ4v) is 5.48. The summed E-state index contributed by atoms with van der Waals surface area (Å²) in [5, 5.41) is 8.38. The minimum absolute atomic E-state index is 0.0155. The van der Waals surface area contributed by atoms with E-state index in [0.29, 0.717) is 16.5 Å². The van der Waals surface area contributed by atoms with Crippen LogP contribution in [0.3, 0.4) is 0 Å². The van der Waals surface area contributed by atoms with Crippen LogP contribution in [0.5, 0.6) is 0 Å². The SMILES string of the molecule is CC(C)(C)c1ccc2oc(=O)cc(CSc3nc(Nc4cccc5ccccc45)c4ccccc4n3)c2c1. The third kappa shape index (κ3) is 4.75. The van der Waals surface area contributed by atoms with Gasteiger partial charge in [0.15, 0.2) is 5.16 Å². The normalized spacial score (nSPS) is 11.9. The lowest BCUT2D eigenvalue weighted by Crippen LogP contribution is -2.11. The second-order valence-electron chi connectivity index (χ2n) is 10.4. The van der Waals surface area contributed by atoms with Gasteiger partial charge in [0.2, 0.25) is 0 Å². The largest absolute Gasteiger partial charge is 0.423 e. The van der Waals surface area contributed by atoms with E-state index >= 15 is 0 Å². The lowest BCUT2D eigenvalue weighted by atomic mass is 9.86.